The predicted octanol–water partition coefficient (Wildman–Crippen LogP) is 4.67. The van der Waals surface area contributed by atoms with Gasteiger partial charge in [0.2, 0.25) is 0 Å². The summed E-state index contributed by atoms with van der Waals surface area (Å²) in [6, 6.07) is 11.1. The number of ether oxygens (including phenoxy) is 1. The molecule has 5 heteroatoms. The summed E-state index contributed by atoms with van der Waals surface area (Å²) in [5, 5.41) is 0. The van der Waals surface area contributed by atoms with Gasteiger partial charge in [0.05, 0.1) is 17.7 Å². The summed E-state index contributed by atoms with van der Waals surface area (Å²) in [5.41, 5.74) is 3.84. The number of anilines is 1. The number of aryl methyl sites for hydroxylation is 2. The fraction of sp³-hybridized carbons (Fsp3) is 0.429. The average Bonchev–Trinajstić information content (AvgIpc) is 2.60. The standard InChI is InChI=1S/C21H27NO3S/c1-21(2,3)17-10-12-20(25-4)19(14-17)22-26(23,24)18-11-9-15-7-5-6-8-16(15)13-18/h9-14,22H,5-8H2,1-4H3. The number of rotatable bonds is 4. The van der Waals surface area contributed by atoms with Crippen molar-refractivity contribution in [2.75, 3.05) is 11.8 Å². The maximum atomic E-state index is 12.9. The van der Waals surface area contributed by atoms with Gasteiger partial charge in [0, 0.05) is 0 Å². The molecular weight excluding hydrogens is 346 g/mol. The normalized spacial score (nSPS) is 14.6. The second kappa shape index (κ2) is 6.95. The largest absolute Gasteiger partial charge is 0.495 e. The fourth-order valence-electron chi connectivity index (χ4n) is 3.33. The van der Waals surface area contributed by atoms with E-state index < -0.39 is 10.0 Å². The van der Waals surface area contributed by atoms with Crippen LogP contribution >= 0.6 is 0 Å². The molecule has 0 unspecified atom stereocenters. The van der Waals surface area contributed by atoms with Gasteiger partial charge >= 0.3 is 0 Å². The molecule has 0 amide bonds. The summed E-state index contributed by atoms with van der Waals surface area (Å²) in [5.74, 6) is 0.513. The molecular formula is C21H27NO3S. The van der Waals surface area contributed by atoms with Gasteiger partial charge in [-0.15, -0.1) is 0 Å². The predicted molar refractivity (Wildman–Crippen MR) is 106 cm³/mol. The van der Waals surface area contributed by atoms with Crippen LogP contribution in [0.1, 0.15) is 50.3 Å². The molecule has 0 aliphatic heterocycles. The van der Waals surface area contributed by atoms with E-state index >= 15 is 0 Å². The van der Waals surface area contributed by atoms with E-state index in [-0.39, 0.29) is 5.41 Å². The topological polar surface area (TPSA) is 55.4 Å². The molecule has 0 atom stereocenters. The van der Waals surface area contributed by atoms with E-state index in [9.17, 15) is 8.42 Å². The maximum Gasteiger partial charge on any atom is 0.262 e. The van der Waals surface area contributed by atoms with Gasteiger partial charge in [-0.05, 0) is 72.1 Å². The molecule has 0 radical (unpaired) electrons. The summed E-state index contributed by atoms with van der Waals surface area (Å²) in [6.07, 6.45) is 4.27. The van der Waals surface area contributed by atoms with Crippen LogP contribution in [-0.2, 0) is 28.3 Å². The summed E-state index contributed by atoms with van der Waals surface area (Å²) in [6.45, 7) is 6.28. The lowest BCUT2D eigenvalue weighted by molar-refractivity contribution is 0.416. The Bertz CT molecular complexity index is 911. The summed E-state index contributed by atoms with van der Waals surface area (Å²) >= 11 is 0. The smallest absolute Gasteiger partial charge is 0.262 e. The van der Waals surface area contributed by atoms with Crippen LogP contribution in [0.25, 0.3) is 0 Å². The van der Waals surface area contributed by atoms with E-state index in [4.69, 9.17) is 4.74 Å². The fourth-order valence-corrected chi connectivity index (χ4v) is 4.45. The van der Waals surface area contributed by atoms with Crippen LogP contribution in [0.2, 0.25) is 0 Å². The Labute approximate surface area is 156 Å². The molecule has 3 rings (SSSR count). The van der Waals surface area contributed by atoms with Crippen LogP contribution in [0.15, 0.2) is 41.3 Å². The summed E-state index contributed by atoms with van der Waals surface area (Å²) < 4.78 is 34.0. The molecule has 0 saturated heterocycles. The summed E-state index contributed by atoms with van der Waals surface area (Å²) in [7, 11) is -2.13. The second-order valence-corrected chi connectivity index (χ2v) is 9.59. The third-order valence-corrected chi connectivity index (χ3v) is 6.30. The van der Waals surface area contributed by atoms with Crippen molar-refractivity contribution in [2.24, 2.45) is 0 Å². The van der Waals surface area contributed by atoms with Crippen LogP contribution in [-0.4, -0.2) is 15.5 Å². The minimum absolute atomic E-state index is 0.0850. The zero-order valence-corrected chi connectivity index (χ0v) is 16.7. The Morgan fingerprint density at radius 3 is 2.31 bits per heavy atom. The number of fused-ring (bicyclic) bond motifs is 1. The van der Waals surface area contributed by atoms with E-state index in [1.165, 1.54) is 12.0 Å². The molecule has 0 aromatic heterocycles. The van der Waals surface area contributed by atoms with E-state index in [0.717, 1.165) is 30.4 Å². The number of nitrogens with one attached hydrogen (secondary N) is 1. The van der Waals surface area contributed by atoms with Crippen LogP contribution < -0.4 is 9.46 Å². The number of hydrogen-bond donors (Lipinski definition) is 1. The van der Waals surface area contributed by atoms with Gasteiger partial charge in [-0.25, -0.2) is 8.42 Å². The summed E-state index contributed by atoms with van der Waals surface area (Å²) in [4.78, 5) is 0.307. The molecule has 140 valence electrons. The van der Waals surface area contributed by atoms with Crippen molar-refractivity contribution in [1.82, 2.24) is 0 Å². The number of hydrogen-bond acceptors (Lipinski definition) is 3. The molecule has 1 aliphatic rings. The Kier molecular flexibility index (Phi) is 5.02. The first-order valence-corrected chi connectivity index (χ1v) is 10.5. The van der Waals surface area contributed by atoms with Gasteiger partial charge in [-0.3, -0.25) is 4.72 Å². The molecule has 0 bridgehead atoms. The van der Waals surface area contributed by atoms with Gasteiger partial charge in [0.1, 0.15) is 5.75 Å². The Balaban J connectivity index is 1.97. The van der Waals surface area contributed by atoms with E-state index in [1.807, 2.05) is 30.3 Å². The zero-order chi connectivity index (χ0) is 18.9. The van der Waals surface area contributed by atoms with Crippen molar-refractivity contribution >= 4 is 15.7 Å². The highest BCUT2D eigenvalue weighted by atomic mass is 32.2. The molecule has 1 N–H and O–H groups in total. The van der Waals surface area contributed by atoms with Crippen molar-refractivity contribution in [3.8, 4) is 5.75 Å². The third-order valence-electron chi connectivity index (χ3n) is 4.94. The average molecular weight is 374 g/mol. The van der Waals surface area contributed by atoms with E-state index in [1.54, 1.807) is 13.2 Å². The quantitative estimate of drug-likeness (QED) is 0.847. The minimum Gasteiger partial charge on any atom is -0.495 e. The van der Waals surface area contributed by atoms with Crippen LogP contribution in [0, 0.1) is 0 Å². The first-order chi connectivity index (χ1) is 12.2. The van der Waals surface area contributed by atoms with Crippen LogP contribution in [0.4, 0.5) is 5.69 Å². The highest BCUT2D eigenvalue weighted by Gasteiger charge is 2.21. The van der Waals surface area contributed by atoms with Gasteiger partial charge < -0.3 is 4.74 Å². The van der Waals surface area contributed by atoms with E-state index in [0.29, 0.717) is 16.3 Å². The van der Waals surface area contributed by atoms with Gasteiger partial charge in [0.25, 0.3) is 10.0 Å². The highest BCUT2D eigenvalue weighted by Crippen LogP contribution is 2.33. The maximum absolute atomic E-state index is 12.9. The first kappa shape index (κ1) is 18.8. The first-order valence-electron chi connectivity index (χ1n) is 9.04. The molecule has 1 aliphatic carbocycles. The van der Waals surface area contributed by atoms with Crippen molar-refractivity contribution in [2.45, 2.75) is 56.8 Å². The van der Waals surface area contributed by atoms with Crippen LogP contribution in [0.5, 0.6) is 5.75 Å². The third kappa shape index (κ3) is 3.88. The van der Waals surface area contributed by atoms with Crippen molar-refractivity contribution in [3.63, 3.8) is 0 Å². The Morgan fingerprint density at radius 2 is 1.65 bits per heavy atom. The SMILES string of the molecule is COc1ccc(C(C)(C)C)cc1NS(=O)(=O)c1ccc2c(c1)CCCC2. The van der Waals surface area contributed by atoms with E-state index in [2.05, 4.69) is 25.5 Å². The van der Waals surface area contributed by atoms with Gasteiger partial charge in [0.15, 0.2) is 0 Å². The van der Waals surface area contributed by atoms with Gasteiger partial charge in [-0.2, -0.15) is 0 Å². The second-order valence-electron chi connectivity index (χ2n) is 7.91. The molecule has 0 heterocycles. The molecule has 26 heavy (non-hydrogen) atoms. The number of methoxy groups -OCH3 is 1. The molecule has 2 aromatic rings. The minimum atomic E-state index is -3.67. The number of benzene rings is 2. The monoisotopic (exact) mass is 373 g/mol. The number of sulfonamides is 1. The lowest BCUT2D eigenvalue weighted by atomic mass is 9.87. The van der Waals surface area contributed by atoms with Crippen molar-refractivity contribution < 1.29 is 13.2 Å². The highest BCUT2D eigenvalue weighted by molar-refractivity contribution is 7.92. The van der Waals surface area contributed by atoms with Crippen molar-refractivity contribution in [1.29, 1.82) is 0 Å². The molecule has 0 spiro atoms. The zero-order valence-electron chi connectivity index (χ0n) is 15.9. The molecule has 2 aromatic carbocycles. The van der Waals surface area contributed by atoms with Gasteiger partial charge in [-0.1, -0.05) is 32.9 Å². The lowest BCUT2D eigenvalue weighted by Crippen LogP contribution is -2.17. The lowest BCUT2D eigenvalue weighted by Gasteiger charge is -2.22. The molecule has 4 nitrogen and oxygen atoms in total. The molecule has 0 saturated carbocycles. The Hall–Kier alpha value is -2.01. The molecule has 0 fully saturated rings. The van der Waals surface area contributed by atoms with Crippen molar-refractivity contribution in [3.05, 3.63) is 53.1 Å². The Morgan fingerprint density at radius 1 is 0.962 bits per heavy atom. The van der Waals surface area contributed by atoms with Crippen LogP contribution in [0.3, 0.4) is 0 Å².